The lowest BCUT2D eigenvalue weighted by molar-refractivity contribution is -0.111. The molecule has 4 N–H and O–H groups in total. The van der Waals surface area contributed by atoms with Crippen molar-refractivity contribution in [2.45, 2.75) is 0 Å². The zero-order valence-corrected chi connectivity index (χ0v) is 12.6. The van der Waals surface area contributed by atoms with Crippen LogP contribution >= 0.6 is 11.6 Å². The van der Waals surface area contributed by atoms with Gasteiger partial charge in [0.2, 0.25) is 5.91 Å². The third-order valence-corrected chi connectivity index (χ3v) is 3.13. The van der Waals surface area contributed by atoms with Crippen molar-refractivity contribution in [1.29, 1.82) is 0 Å². The van der Waals surface area contributed by atoms with Crippen molar-refractivity contribution in [3.8, 4) is 11.5 Å². The number of rotatable bonds is 4. The Balaban J connectivity index is 2.08. The molecule has 2 rings (SSSR count). The first-order valence-electron chi connectivity index (χ1n) is 6.40. The minimum atomic E-state index is -0.396. The standard InChI is InChI=1S/C16H15ClN2O3/c1-22-15-6-2-10(8-12(15)18)3-7-16(21)19-13-9-11(17)4-5-14(13)20/h2-9,20H,18H2,1H3,(H,19,21)/b7-3-. The normalized spacial score (nSPS) is 10.6. The molecule has 0 heterocycles. The Hall–Kier alpha value is -2.66. The Labute approximate surface area is 133 Å². The number of hydrogen-bond acceptors (Lipinski definition) is 4. The third kappa shape index (κ3) is 3.93. The quantitative estimate of drug-likeness (QED) is 0.459. The summed E-state index contributed by atoms with van der Waals surface area (Å²) in [5.41, 5.74) is 7.28. The number of nitrogen functional groups attached to an aromatic ring is 1. The Kier molecular flexibility index (Phi) is 4.91. The van der Waals surface area contributed by atoms with Crippen LogP contribution in [-0.2, 0) is 4.79 Å². The minimum Gasteiger partial charge on any atom is -0.506 e. The lowest BCUT2D eigenvalue weighted by atomic mass is 10.1. The summed E-state index contributed by atoms with van der Waals surface area (Å²) in [6, 6.07) is 9.59. The van der Waals surface area contributed by atoms with Gasteiger partial charge in [0.25, 0.3) is 0 Å². The minimum absolute atomic E-state index is 0.0557. The van der Waals surface area contributed by atoms with Crippen molar-refractivity contribution in [3.05, 3.63) is 53.1 Å². The highest BCUT2D eigenvalue weighted by Crippen LogP contribution is 2.26. The number of amides is 1. The summed E-state index contributed by atoms with van der Waals surface area (Å²) in [7, 11) is 1.53. The Morgan fingerprint density at radius 2 is 2.09 bits per heavy atom. The summed E-state index contributed by atoms with van der Waals surface area (Å²) in [6.07, 6.45) is 2.94. The van der Waals surface area contributed by atoms with Gasteiger partial charge in [-0.25, -0.2) is 0 Å². The Morgan fingerprint density at radius 3 is 2.77 bits per heavy atom. The van der Waals surface area contributed by atoms with Gasteiger partial charge < -0.3 is 20.9 Å². The zero-order chi connectivity index (χ0) is 16.1. The van der Waals surface area contributed by atoms with Crippen molar-refractivity contribution < 1.29 is 14.6 Å². The fourth-order valence-corrected chi connectivity index (χ4v) is 1.98. The molecule has 1 amide bonds. The fourth-order valence-electron chi connectivity index (χ4n) is 1.81. The van der Waals surface area contributed by atoms with Crippen LogP contribution in [0.4, 0.5) is 11.4 Å². The predicted octanol–water partition coefficient (Wildman–Crippen LogP) is 3.29. The number of hydrogen-bond donors (Lipinski definition) is 3. The van der Waals surface area contributed by atoms with E-state index in [-0.39, 0.29) is 11.4 Å². The smallest absolute Gasteiger partial charge is 0.248 e. The second-order valence-corrected chi connectivity index (χ2v) is 4.92. The van der Waals surface area contributed by atoms with E-state index in [0.29, 0.717) is 16.5 Å². The topological polar surface area (TPSA) is 84.6 Å². The van der Waals surface area contributed by atoms with E-state index in [9.17, 15) is 9.90 Å². The van der Waals surface area contributed by atoms with E-state index in [1.54, 1.807) is 24.3 Å². The number of carbonyl (C=O) groups is 1. The molecule has 2 aromatic carbocycles. The Bertz CT molecular complexity index is 729. The number of aromatic hydroxyl groups is 1. The van der Waals surface area contributed by atoms with Crippen LogP contribution in [0.1, 0.15) is 5.56 Å². The van der Waals surface area contributed by atoms with E-state index < -0.39 is 5.91 Å². The molecular formula is C16H15ClN2O3. The van der Waals surface area contributed by atoms with E-state index in [2.05, 4.69) is 5.32 Å². The maximum Gasteiger partial charge on any atom is 0.248 e. The molecular weight excluding hydrogens is 304 g/mol. The van der Waals surface area contributed by atoms with Gasteiger partial charge in [0.15, 0.2) is 0 Å². The first-order chi connectivity index (χ1) is 10.5. The van der Waals surface area contributed by atoms with Crippen LogP contribution in [0.5, 0.6) is 11.5 Å². The first-order valence-corrected chi connectivity index (χ1v) is 6.78. The van der Waals surface area contributed by atoms with Crippen LogP contribution in [0.3, 0.4) is 0 Å². The van der Waals surface area contributed by atoms with Gasteiger partial charge in [-0.1, -0.05) is 17.7 Å². The molecule has 0 aliphatic heterocycles. The average molecular weight is 319 g/mol. The molecule has 0 radical (unpaired) electrons. The lowest BCUT2D eigenvalue weighted by Crippen LogP contribution is -2.07. The summed E-state index contributed by atoms with van der Waals surface area (Å²) in [5.74, 6) is 0.122. The van der Waals surface area contributed by atoms with Crippen LogP contribution in [0, 0.1) is 0 Å². The van der Waals surface area contributed by atoms with Gasteiger partial charge in [-0.15, -0.1) is 0 Å². The number of phenols is 1. The third-order valence-electron chi connectivity index (χ3n) is 2.90. The molecule has 0 spiro atoms. The largest absolute Gasteiger partial charge is 0.506 e. The highest BCUT2D eigenvalue weighted by Gasteiger charge is 2.05. The van der Waals surface area contributed by atoms with E-state index in [1.807, 2.05) is 0 Å². The van der Waals surface area contributed by atoms with Crippen molar-refractivity contribution >= 4 is 35.0 Å². The van der Waals surface area contributed by atoms with Gasteiger partial charge in [0.1, 0.15) is 11.5 Å². The molecule has 22 heavy (non-hydrogen) atoms. The van der Waals surface area contributed by atoms with Gasteiger partial charge in [-0.3, -0.25) is 4.79 Å². The van der Waals surface area contributed by atoms with Crippen molar-refractivity contribution in [2.75, 3.05) is 18.2 Å². The maximum absolute atomic E-state index is 11.8. The molecule has 0 atom stereocenters. The molecule has 0 bridgehead atoms. The van der Waals surface area contributed by atoms with E-state index in [0.717, 1.165) is 5.56 Å². The molecule has 0 saturated carbocycles. The van der Waals surface area contributed by atoms with Gasteiger partial charge >= 0.3 is 0 Å². The molecule has 0 saturated heterocycles. The van der Waals surface area contributed by atoms with Crippen LogP contribution in [-0.4, -0.2) is 18.1 Å². The molecule has 0 fully saturated rings. The molecule has 0 aliphatic rings. The molecule has 2 aromatic rings. The second kappa shape index (κ2) is 6.87. The fraction of sp³-hybridized carbons (Fsp3) is 0.0625. The first kappa shape index (κ1) is 15.7. The summed E-state index contributed by atoms with van der Waals surface area (Å²) in [6.45, 7) is 0. The van der Waals surface area contributed by atoms with Gasteiger partial charge in [0.05, 0.1) is 18.5 Å². The molecule has 0 aromatic heterocycles. The molecule has 5 nitrogen and oxygen atoms in total. The molecule has 6 heteroatoms. The van der Waals surface area contributed by atoms with Gasteiger partial charge in [0, 0.05) is 11.1 Å². The Morgan fingerprint density at radius 1 is 1.32 bits per heavy atom. The molecule has 0 unspecified atom stereocenters. The van der Waals surface area contributed by atoms with E-state index >= 15 is 0 Å². The van der Waals surface area contributed by atoms with E-state index in [1.165, 1.54) is 31.4 Å². The van der Waals surface area contributed by atoms with Crippen LogP contribution in [0.15, 0.2) is 42.5 Å². The number of halogens is 1. The SMILES string of the molecule is COc1ccc(/C=C\C(=O)Nc2cc(Cl)ccc2O)cc1N. The number of ether oxygens (including phenoxy) is 1. The predicted molar refractivity (Wildman–Crippen MR) is 88.2 cm³/mol. The number of nitrogens with one attached hydrogen (secondary N) is 1. The summed E-state index contributed by atoms with van der Waals surface area (Å²) in [4.78, 5) is 11.8. The number of carbonyl (C=O) groups excluding carboxylic acids is 1. The lowest BCUT2D eigenvalue weighted by Gasteiger charge is -2.06. The zero-order valence-electron chi connectivity index (χ0n) is 11.8. The van der Waals surface area contributed by atoms with Crippen LogP contribution < -0.4 is 15.8 Å². The van der Waals surface area contributed by atoms with Crippen molar-refractivity contribution in [3.63, 3.8) is 0 Å². The summed E-state index contributed by atoms with van der Waals surface area (Å²) in [5, 5.41) is 12.6. The summed E-state index contributed by atoms with van der Waals surface area (Å²) >= 11 is 5.81. The van der Waals surface area contributed by atoms with Gasteiger partial charge in [-0.2, -0.15) is 0 Å². The van der Waals surface area contributed by atoms with Crippen LogP contribution in [0.2, 0.25) is 5.02 Å². The van der Waals surface area contributed by atoms with Crippen molar-refractivity contribution in [2.24, 2.45) is 0 Å². The highest BCUT2D eigenvalue weighted by molar-refractivity contribution is 6.31. The van der Waals surface area contributed by atoms with E-state index in [4.69, 9.17) is 22.1 Å². The number of benzene rings is 2. The number of anilines is 2. The number of methoxy groups -OCH3 is 1. The summed E-state index contributed by atoms with van der Waals surface area (Å²) < 4.78 is 5.06. The molecule has 114 valence electrons. The maximum atomic E-state index is 11.8. The number of nitrogens with two attached hydrogens (primary N) is 1. The second-order valence-electron chi connectivity index (χ2n) is 4.49. The average Bonchev–Trinajstić information content (AvgIpc) is 2.49. The van der Waals surface area contributed by atoms with Crippen molar-refractivity contribution in [1.82, 2.24) is 0 Å². The van der Waals surface area contributed by atoms with Gasteiger partial charge in [-0.05, 0) is 42.0 Å². The molecule has 0 aliphatic carbocycles. The number of phenolic OH excluding ortho intramolecular Hbond substituents is 1. The monoisotopic (exact) mass is 318 g/mol. The highest BCUT2D eigenvalue weighted by atomic mass is 35.5. The van der Waals surface area contributed by atoms with Crippen LogP contribution in [0.25, 0.3) is 6.08 Å².